The summed E-state index contributed by atoms with van der Waals surface area (Å²) in [5.41, 5.74) is 1.99. The fraction of sp³-hybridized carbons (Fsp3) is 0.300. The van der Waals surface area contributed by atoms with Gasteiger partial charge in [0.15, 0.2) is 11.7 Å². The summed E-state index contributed by atoms with van der Waals surface area (Å²) in [7, 11) is 0. The molecular formula is C20H22N2O3S. The van der Waals surface area contributed by atoms with Gasteiger partial charge in [0.25, 0.3) is 5.91 Å². The number of hydrogen-bond donors (Lipinski definition) is 1. The van der Waals surface area contributed by atoms with Gasteiger partial charge < -0.3 is 9.47 Å². The fourth-order valence-corrected chi connectivity index (χ4v) is 3.23. The van der Waals surface area contributed by atoms with Crippen molar-refractivity contribution in [1.82, 2.24) is 4.98 Å². The largest absolute Gasteiger partial charge is 0.494 e. The van der Waals surface area contributed by atoms with E-state index in [1.807, 2.05) is 49.4 Å². The van der Waals surface area contributed by atoms with Crippen LogP contribution in [0.3, 0.4) is 0 Å². The van der Waals surface area contributed by atoms with E-state index in [0.717, 1.165) is 34.4 Å². The predicted molar refractivity (Wildman–Crippen MR) is 105 cm³/mol. The lowest BCUT2D eigenvalue weighted by atomic mass is 10.2. The van der Waals surface area contributed by atoms with Crippen molar-refractivity contribution in [3.63, 3.8) is 0 Å². The lowest BCUT2D eigenvalue weighted by Gasteiger charge is -2.05. The second-order valence-corrected chi connectivity index (χ2v) is 7.03. The highest BCUT2D eigenvalue weighted by Crippen LogP contribution is 2.29. The Labute approximate surface area is 157 Å². The van der Waals surface area contributed by atoms with Crippen molar-refractivity contribution in [2.45, 2.75) is 26.7 Å². The van der Waals surface area contributed by atoms with Gasteiger partial charge in [0, 0.05) is 0 Å². The monoisotopic (exact) mass is 370 g/mol. The number of fused-ring (bicyclic) bond motifs is 1. The Morgan fingerprint density at radius 1 is 1.12 bits per heavy atom. The van der Waals surface area contributed by atoms with Crippen molar-refractivity contribution in [3.05, 3.63) is 48.0 Å². The van der Waals surface area contributed by atoms with Gasteiger partial charge in [0.2, 0.25) is 0 Å². The number of carbonyl (C=O) groups is 1. The lowest BCUT2D eigenvalue weighted by Crippen LogP contribution is -2.19. The molecule has 0 aliphatic rings. The smallest absolute Gasteiger partial charge is 0.264 e. The van der Waals surface area contributed by atoms with E-state index in [4.69, 9.17) is 9.47 Å². The van der Waals surface area contributed by atoms with Gasteiger partial charge in [-0.05, 0) is 43.7 Å². The zero-order chi connectivity index (χ0) is 18.4. The molecule has 0 spiro atoms. The summed E-state index contributed by atoms with van der Waals surface area (Å²) < 4.78 is 12.2. The van der Waals surface area contributed by atoms with E-state index in [1.165, 1.54) is 11.3 Å². The van der Waals surface area contributed by atoms with Crippen molar-refractivity contribution < 1.29 is 14.3 Å². The first-order valence-electron chi connectivity index (χ1n) is 8.67. The van der Waals surface area contributed by atoms with E-state index in [1.54, 1.807) is 0 Å². The number of nitrogens with zero attached hydrogens (tertiary/aromatic N) is 1. The summed E-state index contributed by atoms with van der Waals surface area (Å²) in [6, 6.07) is 13.4. The van der Waals surface area contributed by atoms with Crippen molar-refractivity contribution in [1.29, 1.82) is 0 Å². The van der Waals surface area contributed by atoms with Gasteiger partial charge in [0.05, 0.1) is 16.8 Å². The van der Waals surface area contributed by atoms with Gasteiger partial charge >= 0.3 is 0 Å². The van der Waals surface area contributed by atoms with E-state index < -0.39 is 0 Å². The average Bonchev–Trinajstić information content (AvgIpc) is 3.03. The van der Waals surface area contributed by atoms with Gasteiger partial charge in [-0.1, -0.05) is 42.4 Å². The van der Waals surface area contributed by atoms with E-state index >= 15 is 0 Å². The molecule has 0 aliphatic heterocycles. The number of benzene rings is 2. The molecule has 0 radical (unpaired) electrons. The van der Waals surface area contributed by atoms with Gasteiger partial charge in [0.1, 0.15) is 11.5 Å². The highest BCUT2D eigenvalue weighted by atomic mass is 32.1. The quantitative estimate of drug-likeness (QED) is 0.579. The Bertz CT molecular complexity index is 874. The number of aryl methyl sites for hydroxylation is 1. The minimum Gasteiger partial charge on any atom is -0.494 e. The SMILES string of the molecule is CCCCOc1ccc2nc(NC(=O)COc3ccc(C)cc3)sc2c1. The van der Waals surface area contributed by atoms with Gasteiger partial charge in [-0.3, -0.25) is 10.1 Å². The first-order valence-corrected chi connectivity index (χ1v) is 9.48. The van der Waals surface area contributed by atoms with Crippen LogP contribution >= 0.6 is 11.3 Å². The number of carbonyl (C=O) groups excluding carboxylic acids is 1. The molecule has 6 heteroatoms. The summed E-state index contributed by atoms with van der Waals surface area (Å²) in [4.78, 5) is 16.5. The van der Waals surface area contributed by atoms with Crippen LogP contribution in [0, 0.1) is 6.92 Å². The number of hydrogen-bond acceptors (Lipinski definition) is 5. The molecule has 1 amide bonds. The molecule has 0 saturated heterocycles. The molecule has 1 aromatic heterocycles. The van der Waals surface area contributed by atoms with Crippen LogP contribution in [0.1, 0.15) is 25.3 Å². The van der Waals surface area contributed by atoms with Crippen LogP contribution in [0.2, 0.25) is 0 Å². The van der Waals surface area contributed by atoms with Crippen LogP contribution in [0.15, 0.2) is 42.5 Å². The molecular weight excluding hydrogens is 348 g/mol. The molecule has 26 heavy (non-hydrogen) atoms. The normalized spacial score (nSPS) is 10.7. The molecule has 0 saturated carbocycles. The molecule has 0 bridgehead atoms. The molecule has 3 rings (SSSR count). The molecule has 2 aromatic carbocycles. The average molecular weight is 370 g/mol. The maximum atomic E-state index is 12.1. The van der Waals surface area contributed by atoms with Crippen molar-refractivity contribution in [2.75, 3.05) is 18.5 Å². The van der Waals surface area contributed by atoms with Gasteiger partial charge in [-0.25, -0.2) is 4.98 Å². The third-order valence-corrected chi connectivity index (χ3v) is 4.70. The van der Waals surface area contributed by atoms with E-state index in [2.05, 4.69) is 17.2 Å². The van der Waals surface area contributed by atoms with E-state index in [9.17, 15) is 4.79 Å². The highest BCUT2D eigenvalue weighted by molar-refractivity contribution is 7.22. The Kier molecular flexibility index (Phi) is 6.07. The topological polar surface area (TPSA) is 60.5 Å². The summed E-state index contributed by atoms with van der Waals surface area (Å²) in [6.45, 7) is 4.79. The molecule has 1 N–H and O–H groups in total. The Hall–Kier alpha value is -2.60. The number of aromatic nitrogens is 1. The first kappa shape index (κ1) is 18.2. The summed E-state index contributed by atoms with van der Waals surface area (Å²) in [5, 5.41) is 3.35. The maximum Gasteiger partial charge on any atom is 0.264 e. The van der Waals surface area contributed by atoms with Crippen LogP contribution in [0.25, 0.3) is 10.2 Å². The number of ether oxygens (including phenoxy) is 2. The minimum absolute atomic E-state index is 0.0512. The van der Waals surface area contributed by atoms with Crippen LogP contribution in [0.5, 0.6) is 11.5 Å². The minimum atomic E-state index is -0.232. The highest BCUT2D eigenvalue weighted by Gasteiger charge is 2.09. The molecule has 0 fully saturated rings. The third kappa shape index (κ3) is 4.95. The number of rotatable bonds is 8. The van der Waals surface area contributed by atoms with Crippen LogP contribution in [0.4, 0.5) is 5.13 Å². The molecule has 0 aliphatic carbocycles. The van der Waals surface area contributed by atoms with Crippen LogP contribution in [-0.2, 0) is 4.79 Å². The summed E-state index contributed by atoms with van der Waals surface area (Å²) in [5.74, 6) is 1.27. The van der Waals surface area contributed by atoms with Gasteiger partial charge in [-0.2, -0.15) is 0 Å². The number of thiazole rings is 1. The van der Waals surface area contributed by atoms with Gasteiger partial charge in [-0.15, -0.1) is 0 Å². The third-order valence-electron chi connectivity index (χ3n) is 3.76. The Balaban J connectivity index is 1.57. The van der Waals surface area contributed by atoms with E-state index in [0.29, 0.717) is 17.5 Å². The lowest BCUT2D eigenvalue weighted by molar-refractivity contribution is -0.118. The standard InChI is InChI=1S/C20H22N2O3S/c1-3-4-11-24-16-9-10-17-18(12-16)26-20(21-17)22-19(23)13-25-15-7-5-14(2)6-8-15/h5-10,12H,3-4,11,13H2,1-2H3,(H,21,22,23). The molecule has 3 aromatic rings. The second-order valence-electron chi connectivity index (χ2n) is 6.00. The number of unbranched alkanes of at least 4 members (excludes halogenated alkanes) is 1. The molecule has 136 valence electrons. The zero-order valence-electron chi connectivity index (χ0n) is 15.0. The van der Waals surface area contributed by atoms with Crippen LogP contribution < -0.4 is 14.8 Å². The van der Waals surface area contributed by atoms with E-state index in [-0.39, 0.29) is 12.5 Å². The first-order chi connectivity index (χ1) is 12.6. The second kappa shape index (κ2) is 8.67. The Morgan fingerprint density at radius 3 is 2.65 bits per heavy atom. The zero-order valence-corrected chi connectivity index (χ0v) is 15.8. The summed E-state index contributed by atoms with van der Waals surface area (Å²) in [6.07, 6.45) is 2.13. The Morgan fingerprint density at radius 2 is 1.88 bits per heavy atom. The predicted octanol–water partition coefficient (Wildman–Crippen LogP) is 4.80. The molecule has 0 atom stereocenters. The van der Waals surface area contributed by atoms with Crippen molar-refractivity contribution >= 4 is 32.6 Å². The number of amides is 1. The molecule has 5 nitrogen and oxygen atoms in total. The maximum absolute atomic E-state index is 12.1. The summed E-state index contributed by atoms with van der Waals surface area (Å²) >= 11 is 1.42. The molecule has 1 heterocycles. The molecule has 0 unspecified atom stereocenters. The van der Waals surface area contributed by atoms with Crippen molar-refractivity contribution in [2.24, 2.45) is 0 Å². The fourth-order valence-electron chi connectivity index (χ4n) is 2.32. The number of anilines is 1. The van der Waals surface area contributed by atoms with Crippen molar-refractivity contribution in [3.8, 4) is 11.5 Å². The van der Waals surface area contributed by atoms with Crippen LogP contribution in [-0.4, -0.2) is 24.1 Å². The number of nitrogens with one attached hydrogen (secondary N) is 1.